The molecule has 0 fully saturated rings. The van der Waals surface area contributed by atoms with Crippen LogP contribution in [0.5, 0.6) is 17.2 Å². The Morgan fingerprint density at radius 3 is 2.26 bits per heavy atom. The summed E-state index contributed by atoms with van der Waals surface area (Å²) in [4.78, 5) is 12.4. The molecule has 1 aromatic heterocycles. The Kier molecular flexibility index (Phi) is 3.48. The molecule has 2 N–H and O–H groups in total. The van der Waals surface area contributed by atoms with Crippen molar-refractivity contribution in [1.82, 2.24) is 0 Å². The molecule has 0 aliphatic rings. The molecule has 0 aliphatic carbocycles. The van der Waals surface area contributed by atoms with Crippen LogP contribution in [0.25, 0.3) is 22.3 Å². The molecule has 0 radical (unpaired) electrons. The van der Waals surface area contributed by atoms with Gasteiger partial charge in [-0.15, -0.1) is 0 Å². The number of aromatic hydroxyl groups is 2. The van der Waals surface area contributed by atoms with E-state index in [4.69, 9.17) is 9.15 Å². The van der Waals surface area contributed by atoms with Crippen LogP contribution in [0, 0.1) is 13.8 Å². The number of benzene rings is 2. The highest BCUT2D eigenvalue weighted by atomic mass is 16.5. The van der Waals surface area contributed by atoms with Gasteiger partial charge in [0.2, 0.25) is 0 Å². The minimum Gasteiger partial charge on any atom is -0.507 e. The van der Waals surface area contributed by atoms with Crippen LogP contribution < -0.4 is 10.2 Å². The zero-order valence-corrected chi connectivity index (χ0v) is 13.0. The molecule has 3 aromatic rings. The molecule has 118 valence electrons. The number of ether oxygens (including phenoxy) is 1. The molecule has 0 unspecified atom stereocenters. The second-order valence-electron chi connectivity index (χ2n) is 5.35. The van der Waals surface area contributed by atoms with E-state index >= 15 is 0 Å². The number of methoxy groups -OCH3 is 1. The maximum Gasteiger partial charge on any atom is 0.197 e. The maximum absolute atomic E-state index is 12.4. The molecule has 2 aromatic carbocycles. The van der Waals surface area contributed by atoms with Crippen molar-refractivity contribution in [2.24, 2.45) is 0 Å². The van der Waals surface area contributed by atoms with Crippen molar-refractivity contribution in [3.63, 3.8) is 0 Å². The van der Waals surface area contributed by atoms with E-state index in [1.165, 1.54) is 6.07 Å². The molecule has 3 rings (SSSR count). The summed E-state index contributed by atoms with van der Waals surface area (Å²) in [7, 11) is 1.57. The van der Waals surface area contributed by atoms with Gasteiger partial charge in [-0.1, -0.05) is 0 Å². The highest BCUT2D eigenvalue weighted by Crippen LogP contribution is 2.38. The third kappa shape index (κ3) is 2.30. The summed E-state index contributed by atoms with van der Waals surface area (Å²) in [5.41, 5.74) is 1.20. The summed E-state index contributed by atoms with van der Waals surface area (Å²) in [5, 5.41) is 20.3. The van der Waals surface area contributed by atoms with Crippen LogP contribution in [-0.2, 0) is 0 Å². The highest BCUT2D eigenvalue weighted by Gasteiger charge is 2.19. The third-order valence-electron chi connectivity index (χ3n) is 3.97. The van der Waals surface area contributed by atoms with Crippen molar-refractivity contribution in [1.29, 1.82) is 0 Å². The number of aryl methyl sites for hydroxylation is 1. The second kappa shape index (κ2) is 5.35. The number of rotatable bonds is 2. The van der Waals surface area contributed by atoms with Crippen molar-refractivity contribution in [3.05, 3.63) is 51.7 Å². The second-order valence-corrected chi connectivity index (χ2v) is 5.35. The summed E-state index contributed by atoms with van der Waals surface area (Å²) in [6.45, 7) is 3.19. The fourth-order valence-corrected chi connectivity index (χ4v) is 2.57. The largest absolute Gasteiger partial charge is 0.507 e. The van der Waals surface area contributed by atoms with Gasteiger partial charge in [-0.05, 0) is 38.1 Å². The van der Waals surface area contributed by atoms with Crippen molar-refractivity contribution >= 4 is 11.0 Å². The maximum atomic E-state index is 12.4. The fraction of sp³-hybridized carbons (Fsp3) is 0.167. The predicted molar refractivity (Wildman–Crippen MR) is 87.3 cm³/mol. The van der Waals surface area contributed by atoms with Gasteiger partial charge in [0, 0.05) is 22.8 Å². The van der Waals surface area contributed by atoms with Gasteiger partial charge in [-0.2, -0.15) is 0 Å². The minimum atomic E-state index is -0.360. The van der Waals surface area contributed by atoms with Gasteiger partial charge in [0.15, 0.2) is 5.43 Å². The van der Waals surface area contributed by atoms with E-state index in [1.54, 1.807) is 45.2 Å². The van der Waals surface area contributed by atoms with Gasteiger partial charge < -0.3 is 19.4 Å². The van der Waals surface area contributed by atoms with Crippen LogP contribution in [0.3, 0.4) is 0 Å². The van der Waals surface area contributed by atoms with Crippen molar-refractivity contribution < 1.29 is 19.4 Å². The van der Waals surface area contributed by atoms with Crippen molar-refractivity contribution in [2.45, 2.75) is 13.8 Å². The summed E-state index contributed by atoms with van der Waals surface area (Å²) >= 11 is 0. The molecule has 5 nitrogen and oxygen atoms in total. The standard InChI is InChI=1S/C18H16O5/c1-9-16(20)10(2)18-15(17(9)21)13(19)8-14(23-18)11-4-6-12(22-3)7-5-11/h4-8,20-21H,1-3H3. The summed E-state index contributed by atoms with van der Waals surface area (Å²) in [5.74, 6) is 0.720. The number of phenols is 2. The first kappa shape index (κ1) is 15.0. The SMILES string of the molecule is COc1ccc(-c2cc(=O)c3c(O)c(C)c(O)c(C)c3o2)cc1. The molecule has 5 heteroatoms. The lowest BCUT2D eigenvalue weighted by molar-refractivity contribution is 0.415. The number of fused-ring (bicyclic) bond motifs is 1. The van der Waals surface area contributed by atoms with Crippen LogP contribution in [0.2, 0.25) is 0 Å². The number of phenolic OH excluding ortho intramolecular Hbond substituents is 2. The molecule has 0 saturated carbocycles. The van der Waals surface area contributed by atoms with Gasteiger partial charge in [0.05, 0.1) is 7.11 Å². The van der Waals surface area contributed by atoms with Crippen LogP contribution in [0.4, 0.5) is 0 Å². The van der Waals surface area contributed by atoms with E-state index in [1.807, 2.05) is 0 Å². The molecule has 0 spiro atoms. The normalized spacial score (nSPS) is 10.9. The summed E-state index contributed by atoms with van der Waals surface area (Å²) in [6.07, 6.45) is 0. The first-order valence-corrected chi connectivity index (χ1v) is 7.07. The molecule has 0 amide bonds. The first-order valence-electron chi connectivity index (χ1n) is 7.07. The van der Waals surface area contributed by atoms with Crippen LogP contribution in [0.15, 0.2) is 39.5 Å². The molecule has 0 aliphatic heterocycles. The van der Waals surface area contributed by atoms with Crippen molar-refractivity contribution in [2.75, 3.05) is 7.11 Å². The zero-order chi connectivity index (χ0) is 16.7. The first-order chi connectivity index (χ1) is 10.9. The van der Waals surface area contributed by atoms with E-state index in [0.29, 0.717) is 22.6 Å². The van der Waals surface area contributed by atoms with Gasteiger partial charge in [-0.3, -0.25) is 4.79 Å². The lowest BCUT2D eigenvalue weighted by atomic mass is 10.0. The fourth-order valence-electron chi connectivity index (χ4n) is 2.57. The quantitative estimate of drug-likeness (QED) is 0.757. The Hall–Kier alpha value is -2.95. The van der Waals surface area contributed by atoms with Gasteiger partial charge in [-0.25, -0.2) is 0 Å². The smallest absolute Gasteiger partial charge is 0.197 e. The minimum absolute atomic E-state index is 0.0787. The van der Waals surface area contributed by atoms with Crippen LogP contribution in [-0.4, -0.2) is 17.3 Å². The molecular weight excluding hydrogens is 296 g/mol. The van der Waals surface area contributed by atoms with Crippen molar-refractivity contribution in [3.8, 4) is 28.6 Å². The summed E-state index contributed by atoms with van der Waals surface area (Å²) in [6, 6.07) is 8.39. The zero-order valence-electron chi connectivity index (χ0n) is 13.0. The Balaban J connectivity index is 2.31. The van der Waals surface area contributed by atoms with E-state index in [9.17, 15) is 15.0 Å². The lowest BCUT2D eigenvalue weighted by Gasteiger charge is -2.11. The van der Waals surface area contributed by atoms with Gasteiger partial charge in [0.1, 0.15) is 34.0 Å². The Labute approximate surface area is 132 Å². The Morgan fingerprint density at radius 1 is 1.00 bits per heavy atom. The number of hydrogen-bond acceptors (Lipinski definition) is 5. The van der Waals surface area contributed by atoms with Gasteiger partial charge >= 0.3 is 0 Å². The summed E-state index contributed by atoms with van der Waals surface area (Å²) < 4.78 is 10.9. The molecular formula is C18H16O5. The van der Waals surface area contributed by atoms with E-state index < -0.39 is 0 Å². The predicted octanol–water partition coefficient (Wildman–Crippen LogP) is 3.50. The Morgan fingerprint density at radius 2 is 1.65 bits per heavy atom. The average molecular weight is 312 g/mol. The monoisotopic (exact) mass is 312 g/mol. The van der Waals surface area contributed by atoms with Gasteiger partial charge in [0.25, 0.3) is 0 Å². The highest BCUT2D eigenvalue weighted by molar-refractivity contribution is 5.90. The van der Waals surface area contributed by atoms with Crippen LogP contribution in [0.1, 0.15) is 11.1 Å². The Bertz CT molecular complexity index is 952. The molecule has 0 atom stereocenters. The molecule has 0 saturated heterocycles. The van der Waals surface area contributed by atoms with Crippen LogP contribution >= 0.6 is 0 Å². The third-order valence-corrected chi connectivity index (χ3v) is 3.97. The molecule has 23 heavy (non-hydrogen) atoms. The van der Waals surface area contributed by atoms with E-state index in [-0.39, 0.29) is 33.5 Å². The topological polar surface area (TPSA) is 79.9 Å². The molecule has 1 heterocycles. The van der Waals surface area contributed by atoms with E-state index in [0.717, 1.165) is 0 Å². The number of hydrogen-bond donors (Lipinski definition) is 2. The van der Waals surface area contributed by atoms with E-state index in [2.05, 4.69) is 0 Å². The molecule has 0 bridgehead atoms. The average Bonchev–Trinajstić information content (AvgIpc) is 2.57. The lowest BCUT2D eigenvalue weighted by Crippen LogP contribution is -2.03.